The Bertz CT molecular complexity index is 1940. The molecule has 1 amide bonds. The van der Waals surface area contributed by atoms with E-state index in [4.69, 9.17) is 9.47 Å². The lowest BCUT2D eigenvalue weighted by molar-refractivity contribution is -0.137. The molecule has 306 valence electrons. The SMILES string of the molecule is CCCCOCCOc1ccc(-c2ccc3c(c2)/C=C(/C(=O)Nc2ccc([S@@+]([O-])Cc4c(C)nc(C)n4CCC)cc2)CCCN3CCC(C)CCC(=O)O)cc1. The molecule has 3 aromatic carbocycles. The van der Waals surface area contributed by atoms with Crippen molar-refractivity contribution < 1.29 is 28.7 Å². The molecule has 1 unspecified atom stereocenters. The van der Waals surface area contributed by atoms with Crippen LogP contribution in [0.15, 0.2) is 77.2 Å². The van der Waals surface area contributed by atoms with Crippen molar-refractivity contribution in [2.75, 3.05) is 43.1 Å². The average Bonchev–Trinajstić information content (AvgIpc) is 3.45. The highest BCUT2D eigenvalue weighted by Crippen LogP contribution is 2.34. The van der Waals surface area contributed by atoms with Crippen LogP contribution in [0.1, 0.15) is 94.9 Å². The van der Waals surface area contributed by atoms with E-state index in [9.17, 15) is 19.2 Å². The van der Waals surface area contributed by atoms with Crippen molar-refractivity contribution in [2.24, 2.45) is 5.92 Å². The summed E-state index contributed by atoms with van der Waals surface area (Å²) in [7, 11) is 0. The molecular weight excluding hydrogens is 737 g/mol. The number of ether oxygens (including phenoxy) is 2. The van der Waals surface area contributed by atoms with Gasteiger partial charge in [0.25, 0.3) is 5.91 Å². The number of imidazole rings is 1. The van der Waals surface area contributed by atoms with E-state index in [-0.39, 0.29) is 18.2 Å². The summed E-state index contributed by atoms with van der Waals surface area (Å²) in [6.45, 7) is 14.6. The number of nitrogens with zero attached hydrogens (tertiary/aromatic N) is 3. The van der Waals surface area contributed by atoms with Crippen LogP contribution in [-0.2, 0) is 37.8 Å². The Kier molecular flexibility index (Phi) is 16.7. The number of fused-ring (bicyclic) bond motifs is 1. The number of aliphatic carboxylic acids is 1. The second-order valence-corrected chi connectivity index (χ2v) is 16.5. The monoisotopic (exact) mass is 796 g/mol. The quantitative estimate of drug-likeness (QED) is 0.0631. The fourth-order valence-corrected chi connectivity index (χ4v) is 8.38. The van der Waals surface area contributed by atoms with E-state index in [0.717, 1.165) is 104 Å². The molecule has 0 bridgehead atoms. The van der Waals surface area contributed by atoms with Gasteiger partial charge in [0.1, 0.15) is 18.2 Å². The van der Waals surface area contributed by atoms with Crippen LogP contribution >= 0.6 is 0 Å². The second-order valence-electron chi connectivity index (χ2n) is 15.0. The predicted octanol–water partition coefficient (Wildman–Crippen LogP) is 9.59. The van der Waals surface area contributed by atoms with Crippen molar-refractivity contribution in [3.63, 3.8) is 0 Å². The molecule has 1 aliphatic rings. The predicted molar refractivity (Wildman–Crippen MR) is 230 cm³/mol. The minimum Gasteiger partial charge on any atom is -0.611 e. The summed E-state index contributed by atoms with van der Waals surface area (Å²) < 4.78 is 27.1. The first kappa shape index (κ1) is 43.5. The normalized spacial score (nSPS) is 14.8. The minimum absolute atomic E-state index is 0.161. The van der Waals surface area contributed by atoms with E-state index in [1.807, 2.05) is 56.3 Å². The van der Waals surface area contributed by atoms with Gasteiger partial charge in [0.15, 0.2) is 10.6 Å². The minimum atomic E-state index is -1.26. The molecule has 0 saturated heterocycles. The third kappa shape index (κ3) is 12.7. The summed E-state index contributed by atoms with van der Waals surface area (Å²) in [5, 5.41) is 12.3. The third-order valence-electron chi connectivity index (χ3n) is 10.5. The molecule has 10 nitrogen and oxygen atoms in total. The Morgan fingerprint density at radius 3 is 2.42 bits per heavy atom. The van der Waals surface area contributed by atoms with E-state index in [1.165, 1.54) is 0 Å². The van der Waals surface area contributed by atoms with Gasteiger partial charge in [-0.3, -0.25) is 9.59 Å². The topological polar surface area (TPSA) is 129 Å². The van der Waals surface area contributed by atoms with Gasteiger partial charge in [-0.05, 0) is 141 Å². The Morgan fingerprint density at radius 1 is 0.947 bits per heavy atom. The molecule has 0 saturated carbocycles. The highest BCUT2D eigenvalue weighted by atomic mass is 32.2. The van der Waals surface area contributed by atoms with Crippen molar-refractivity contribution in [2.45, 2.75) is 103 Å². The zero-order chi connectivity index (χ0) is 40.7. The van der Waals surface area contributed by atoms with Crippen molar-refractivity contribution in [3.8, 4) is 16.9 Å². The number of rotatable bonds is 21. The number of carbonyl (C=O) groups excluding carboxylic acids is 1. The van der Waals surface area contributed by atoms with Crippen LogP contribution in [0.3, 0.4) is 0 Å². The lowest BCUT2D eigenvalue weighted by Gasteiger charge is -2.30. The maximum atomic E-state index is 13.9. The molecule has 4 aromatic rings. The van der Waals surface area contributed by atoms with Gasteiger partial charge in [0.05, 0.1) is 18.0 Å². The first-order valence-corrected chi connectivity index (χ1v) is 21.8. The zero-order valence-electron chi connectivity index (χ0n) is 34.4. The van der Waals surface area contributed by atoms with Gasteiger partial charge < -0.3 is 33.9 Å². The first-order valence-electron chi connectivity index (χ1n) is 20.5. The maximum Gasteiger partial charge on any atom is 0.303 e. The molecule has 1 aromatic heterocycles. The van der Waals surface area contributed by atoms with Gasteiger partial charge in [0, 0.05) is 49.6 Å². The zero-order valence-corrected chi connectivity index (χ0v) is 35.2. The molecule has 57 heavy (non-hydrogen) atoms. The first-order chi connectivity index (χ1) is 27.6. The summed E-state index contributed by atoms with van der Waals surface area (Å²) in [6.07, 6.45) is 8.22. The number of benzene rings is 3. The van der Waals surface area contributed by atoms with Crippen molar-refractivity contribution in [1.82, 2.24) is 9.55 Å². The van der Waals surface area contributed by atoms with Crippen molar-refractivity contribution in [1.29, 1.82) is 0 Å². The summed E-state index contributed by atoms with van der Waals surface area (Å²) in [5.74, 6) is 1.46. The van der Waals surface area contributed by atoms with E-state index in [0.29, 0.717) is 48.0 Å². The molecule has 2 heterocycles. The van der Waals surface area contributed by atoms with Crippen LogP contribution in [0, 0.1) is 19.8 Å². The van der Waals surface area contributed by atoms with Crippen LogP contribution in [0.4, 0.5) is 11.4 Å². The molecular formula is C46H60N4O6S. The highest BCUT2D eigenvalue weighted by Gasteiger charge is 2.22. The van der Waals surface area contributed by atoms with Gasteiger partial charge in [-0.2, -0.15) is 0 Å². The standard InChI is InChI=1S/C46H60N4O6S/c1-6-8-27-55-28-29-56-41-17-12-36(13-18-41)37-14-21-43-39(30-37)31-38(10-9-25-49(43)26-23-33(3)11-22-45(51)52)46(53)48-40-15-19-42(20-16-40)57(54)32-44-34(4)47-35(5)50(44)24-7-2/h12-21,30-31,33H,6-11,22-29,32H2,1-5H3,(H,48,53)(H,51,52)/b38-31+/t33?,57-/m0/s1. The molecule has 5 rings (SSSR count). The Balaban J connectivity index is 1.32. The number of hydrogen-bond acceptors (Lipinski definition) is 7. The fraction of sp³-hybridized carbons (Fsp3) is 0.457. The van der Waals surface area contributed by atoms with Crippen LogP contribution in [0.25, 0.3) is 17.2 Å². The summed E-state index contributed by atoms with van der Waals surface area (Å²) in [5.41, 5.74) is 7.32. The van der Waals surface area contributed by atoms with Gasteiger partial charge >= 0.3 is 5.97 Å². The smallest absolute Gasteiger partial charge is 0.303 e. The number of aryl methyl sites for hydroxylation is 2. The molecule has 11 heteroatoms. The molecule has 1 aliphatic heterocycles. The van der Waals surface area contributed by atoms with Crippen LogP contribution < -0.4 is 15.0 Å². The van der Waals surface area contributed by atoms with Crippen LogP contribution in [0.5, 0.6) is 5.75 Å². The van der Waals surface area contributed by atoms with Crippen LogP contribution in [0.2, 0.25) is 0 Å². The summed E-state index contributed by atoms with van der Waals surface area (Å²) in [6, 6.07) is 21.8. The van der Waals surface area contributed by atoms with E-state index in [2.05, 4.69) is 70.9 Å². The fourth-order valence-electron chi connectivity index (χ4n) is 7.16. The number of carboxylic acids is 1. The molecule has 2 N–H and O–H groups in total. The van der Waals surface area contributed by atoms with Gasteiger partial charge in [-0.1, -0.05) is 45.4 Å². The largest absolute Gasteiger partial charge is 0.611 e. The number of nitrogens with one attached hydrogen (secondary N) is 1. The summed E-state index contributed by atoms with van der Waals surface area (Å²) >= 11 is -1.26. The van der Waals surface area contributed by atoms with Crippen molar-refractivity contribution in [3.05, 3.63) is 95.1 Å². The number of anilines is 2. The van der Waals surface area contributed by atoms with Gasteiger partial charge in [-0.25, -0.2) is 4.98 Å². The molecule has 0 spiro atoms. The number of carboxylic acid groups (broad SMARTS) is 1. The van der Waals surface area contributed by atoms with Gasteiger partial charge in [0.2, 0.25) is 0 Å². The second kappa shape index (κ2) is 21.8. The lowest BCUT2D eigenvalue weighted by atomic mass is 9.95. The Hall–Kier alpha value is -4.58. The Labute approximate surface area is 341 Å². The number of unbranched alkanes of at least 4 members (excludes halogenated alkanes) is 1. The van der Waals surface area contributed by atoms with E-state index >= 15 is 0 Å². The molecule has 0 radical (unpaired) electrons. The molecule has 0 aliphatic carbocycles. The molecule has 0 fully saturated rings. The number of aromatic nitrogens is 2. The maximum absolute atomic E-state index is 13.9. The number of hydrogen-bond donors (Lipinski definition) is 2. The summed E-state index contributed by atoms with van der Waals surface area (Å²) in [4.78, 5) is 32.8. The van der Waals surface area contributed by atoms with Gasteiger partial charge in [-0.15, -0.1) is 0 Å². The van der Waals surface area contributed by atoms with Crippen molar-refractivity contribution >= 4 is 40.5 Å². The van der Waals surface area contributed by atoms with E-state index < -0.39 is 17.1 Å². The highest BCUT2D eigenvalue weighted by molar-refractivity contribution is 7.90. The lowest BCUT2D eigenvalue weighted by Crippen LogP contribution is -2.29. The van der Waals surface area contributed by atoms with E-state index in [1.54, 1.807) is 0 Å². The number of amides is 1. The Morgan fingerprint density at radius 2 is 1.70 bits per heavy atom. The molecule has 2 atom stereocenters. The third-order valence-corrected chi connectivity index (χ3v) is 11.8. The number of carbonyl (C=O) groups is 2. The van der Waals surface area contributed by atoms with Crippen LogP contribution in [-0.4, -0.2) is 64.0 Å². The average molecular weight is 797 g/mol.